The SMILES string of the molecule is CC(C)Cc1cccc2[nH]c(Cn3cccc(NC(=O)[C@H](CC/C=C/C(=O)N(C)C)NC(=O)OCC4(C)CCOC4)c3=O)nc12. The van der Waals surface area contributed by atoms with E-state index in [9.17, 15) is 19.2 Å². The molecule has 3 aromatic rings. The minimum absolute atomic E-state index is 0.0632. The molecular weight excluding hydrogens is 576 g/mol. The van der Waals surface area contributed by atoms with Gasteiger partial charge in [0.1, 0.15) is 24.2 Å². The minimum Gasteiger partial charge on any atom is -0.449 e. The highest BCUT2D eigenvalue weighted by Crippen LogP contribution is 2.28. The summed E-state index contributed by atoms with van der Waals surface area (Å²) in [5, 5.41) is 5.31. The minimum atomic E-state index is -1.02. The Kier molecular flexibility index (Phi) is 11.2. The van der Waals surface area contributed by atoms with Gasteiger partial charge >= 0.3 is 6.09 Å². The van der Waals surface area contributed by atoms with Gasteiger partial charge in [-0.3, -0.25) is 14.4 Å². The first kappa shape index (κ1) is 33.4. The molecule has 1 unspecified atom stereocenters. The van der Waals surface area contributed by atoms with Crippen LogP contribution in [-0.4, -0.2) is 77.3 Å². The van der Waals surface area contributed by atoms with Crippen molar-refractivity contribution in [3.05, 3.63) is 70.4 Å². The van der Waals surface area contributed by atoms with E-state index in [2.05, 4.69) is 35.5 Å². The van der Waals surface area contributed by atoms with Crippen LogP contribution in [0.5, 0.6) is 0 Å². The fraction of sp³-hybridized carbons (Fsp3) is 0.485. The molecule has 12 heteroatoms. The van der Waals surface area contributed by atoms with Crippen LogP contribution in [0.2, 0.25) is 0 Å². The van der Waals surface area contributed by atoms with Crippen LogP contribution < -0.4 is 16.2 Å². The maximum Gasteiger partial charge on any atom is 0.407 e. The summed E-state index contributed by atoms with van der Waals surface area (Å²) in [6, 6.07) is 8.18. The van der Waals surface area contributed by atoms with Crippen LogP contribution in [-0.2, 0) is 32.0 Å². The lowest BCUT2D eigenvalue weighted by atomic mass is 9.91. The number of pyridine rings is 1. The molecular formula is C33H44N6O6. The molecule has 1 aliphatic heterocycles. The number of hydrogen-bond acceptors (Lipinski definition) is 7. The van der Waals surface area contributed by atoms with Gasteiger partial charge in [0.05, 0.1) is 24.2 Å². The molecule has 1 aliphatic rings. The molecule has 1 saturated heterocycles. The number of hydrogen-bond donors (Lipinski definition) is 3. The van der Waals surface area contributed by atoms with Crippen molar-refractivity contribution in [2.45, 2.75) is 59.0 Å². The molecule has 2 atom stereocenters. The van der Waals surface area contributed by atoms with Crippen molar-refractivity contribution in [1.82, 2.24) is 24.8 Å². The van der Waals surface area contributed by atoms with Gasteiger partial charge in [-0.05, 0) is 61.4 Å². The van der Waals surface area contributed by atoms with E-state index in [1.807, 2.05) is 19.1 Å². The van der Waals surface area contributed by atoms with E-state index in [1.165, 1.54) is 21.6 Å². The normalized spacial score (nSPS) is 17.1. The molecule has 1 fully saturated rings. The first-order valence-electron chi connectivity index (χ1n) is 15.3. The number of likely N-dealkylation sites (N-methyl/N-ethyl adjacent to an activating group) is 1. The summed E-state index contributed by atoms with van der Waals surface area (Å²) in [5.41, 5.74) is 2.29. The Hall–Kier alpha value is -4.45. The largest absolute Gasteiger partial charge is 0.449 e. The third kappa shape index (κ3) is 9.27. The van der Waals surface area contributed by atoms with Crippen LogP contribution in [0.25, 0.3) is 11.0 Å². The smallest absolute Gasteiger partial charge is 0.407 e. The molecule has 2 aromatic heterocycles. The molecule has 45 heavy (non-hydrogen) atoms. The number of carbonyl (C=O) groups is 3. The van der Waals surface area contributed by atoms with Gasteiger partial charge in [0.15, 0.2) is 0 Å². The van der Waals surface area contributed by atoms with Gasteiger partial charge in [-0.2, -0.15) is 0 Å². The van der Waals surface area contributed by atoms with E-state index >= 15 is 0 Å². The number of allylic oxidation sites excluding steroid dienone is 1. The van der Waals surface area contributed by atoms with Crippen molar-refractivity contribution < 1.29 is 23.9 Å². The molecule has 1 aromatic carbocycles. The summed E-state index contributed by atoms with van der Waals surface area (Å²) >= 11 is 0. The Balaban J connectivity index is 1.46. The number of aromatic nitrogens is 3. The average molecular weight is 621 g/mol. The number of H-pyrrole nitrogens is 1. The predicted octanol–water partition coefficient (Wildman–Crippen LogP) is 3.86. The van der Waals surface area contributed by atoms with Gasteiger partial charge in [-0.1, -0.05) is 39.0 Å². The van der Waals surface area contributed by atoms with Crippen molar-refractivity contribution >= 4 is 34.6 Å². The number of rotatable bonds is 13. The van der Waals surface area contributed by atoms with E-state index in [1.54, 1.807) is 32.4 Å². The fourth-order valence-electron chi connectivity index (χ4n) is 5.07. The van der Waals surface area contributed by atoms with E-state index in [0.717, 1.165) is 29.4 Å². The number of alkyl carbamates (subject to hydrolysis) is 1. The first-order chi connectivity index (χ1) is 21.4. The molecule has 3 amide bonds. The highest BCUT2D eigenvalue weighted by Gasteiger charge is 2.32. The maximum absolute atomic E-state index is 13.4. The standard InChI is InChI=1S/C33H44N6O6/c1-22(2)18-23-10-8-12-24-29(23)37-27(34-24)19-39-16-9-13-26(31(39)42)35-30(41)25(11-6-7-14-28(40)38(4)5)36-32(43)45-21-33(3)15-17-44-20-33/h7-10,12-14,16,22,25H,6,11,15,17-21H2,1-5H3,(H,34,37)(H,35,41)(H,36,43)/b14-7+/t25-,33?/m0/s1. The van der Waals surface area contributed by atoms with Crippen molar-refractivity contribution in [3.8, 4) is 0 Å². The van der Waals surface area contributed by atoms with Crippen LogP contribution in [0, 0.1) is 11.3 Å². The monoisotopic (exact) mass is 620 g/mol. The van der Waals surface area contributed by atoms with Gasteiger partial charge in [0, 0.05) is 32.3 Å². The van der Waals surface area contributed by atoms with Crippen molar-refractivity contribution in [2.24, 2.45) is 11.3 Å². The number of fused-ring (bicyclic) bond motifs is 1. The Morgan fingerprint density at radius 1 is 1.22 bits per heavy atom. The Morgan fingerprint density at radius 2 is 2.02 bits per heavy atom. The number of amides is 3. The predicted molar refractivity (Wildman–Crippen MR) is 172 cm³/mol. The number of carbonyl (C=O) groups excluding carboxylic acids is 3. The molecule has 242 valence electrons. The topological polar surface area (TPSA) is 148 Å². The Labute approximate surface area is 263 Å². The lowest BCUT2D eigenvalue weighted by molar-refractivity contribution is -0.123. The molecule has 0 saturated carbocycles. The quantitative estimate of drug-likeness (QED) is 0.246. The molecule has 3 N–H and O–H groups in total. The summed E-state index contributed by atoms with van der Waals surface area (Å²) in [4.78, 5) is 60.9. The number of imidazole rings is 1. The number of para-hydroxylation sites is 1. The van der Waals surface area contributed by atoms with Crippen LogP contribution in [0.3, 0.4) is 0 Å². The van der Waals surface area contributed by atoms with Crippen molar-refractivity contribution in [2.75, 3.05) is 39.2 Å². The highest BCUT2D eigenvalue weighted by atomic mass is 16.6. The van der Waals surface area contributed by atoms with Crippen LogP contribution in [0.1, 0.15) is 51.4 Å². The third-order valence-electron chi connectivity index (χ3n) is 7.66. The number of nitrogens with zero attached hydrogens (tertiary/aromatic N) is 3. The number of anilines is 1. The lowest BCUT2D eigenvalue weighted by Gasteiger charge is -2.23. The second-order valence-electron chi connectivity index (χ2n) is 12.5. The maximum atomic E-state index is 13.4. The fourth-order valence-corrected chi connectivity index (χ4v) is 5.07. The van der Waals surface area contributed by atoms with Gasteiger partial charge < -0.3 is 34.6 Å². The lowest BCUT2D eigenvalue weighted by Crippen LogP contribution is -2.45. The molecule has 3 heterocycles. The van der Waals surface area contributed by atoms with E-state index in [-0.39, 0.29) is 36.6 Å². The molecule has 0 bridgehead atoms. The Morgan fingerprint density at radius 3 is 2.73 bits per heavy atom. The zero-order chi connectivity index (χ0) is 32.6. The molecule has 0 radical (unpaired) electrons. The molecule has 12 nitrogen and oxygen atoms in total. The molecule has 4 rings (SSSR count). The second-order valence-corrected chi connectivity index (χ2v) is 12.5. The molecule has 0 aliphatic carbocycles. The number of aromatic amines is 1. The van der Waals surface area contributed by atoms with Crippen molar-refractivity contribution in [1.29, 1.82) is 0 Å². The zero-order valence-electron chi connectivity index (χ0n) is 26.7. The third-order valence-corrected chi connectivity index (χ3v) is 7.66. The number of benzene rings is 1. The summed E-state index contributed by atoms with van der Waals surface area (Å²) in [7, 11) is 3.28. The summed E-state index contributed by atoms with van der Waals surface area (Å²) in [6.45, 7) is 7.71. The van der Waals surface area contributed by atoms with Crippen LogP contribution >= 0.6 is 0 Å². The van der Waals surface area contributed by atoms with E-state index in [4.69, 9.17) is 14.5 Å². The second kappa shape index (κ2) is 15.0. The molecule has 0 spiro atoms. The van der Waals surface area contributed by atoms with Gasteiger partial charge in [0.2, 0.25) is 11.8 Å². The highest BCUT2D eigenvalue weighted by molar-refractivity contribution is 5.96. The summed E-state index contributed by atoms with van der Waals surface area (Å²) in [5.74, 6) is 0.322. The average Bonchev–Trinajstić information content (AvgIpc) is 3.62. The number of ether oxygens (including phenoxy) is 2. The Bertz CT molecular complexity index is 1580. The van der Waals surface area contributed by atoms with Gasteiger partial charge in [-0.15, -0.1) is 0 Å². The van der Waals surface area contributed by atoms with E-state index < -0.39 is 23.6 Å². The van der Waals surface area contributed by atoms with Crippen molar-refractivity contribution in [3.63, 3.8) is 0 Å². The van der Waals surface area contributed by atoms with Gasteiger partial charge in [0.25, 0.3) is 5.56 Å². The number of nitrogens with one attached hydrogen (secondary N) is 3. The van der Waals surface area contributed by atoms with Gasteiger partial charge in [-0.25, -0.2) is 9.78 Å². The van der Waals surface area contributed by atoms with Crippen LogP contribution in [0.15, 0.2) is 53.5 Å². The van der Waals surface area contributed by atoms with Crippen LogP contribution in [0.4, 0.5) is 10.5 Å². The van der Waals surface area contributed by atoms with E-state index in [0.29, 0.717) is 31.4 Å². The summed E-state index contributed by atoms with van der Waals surface area (Å²) < 4.78 is 12.3. The zero-order valence-corrected chi connectivity index (χ0v) is 26.7. The summed E-state index contributed by atoms with van der Waals surface area (Å²) in [6.07, 6.45) is 6.10. The first-order valence-corrected chi connectivity index (χ1v) is 15.3.